The summed E-state index contributed by atoms with van der Waals surface area (Å²) in [5.74, 6) is 2.22. The zero-order chi connectivity index (χ0) is 18.1. The van der Waals surface area contributed by atoms with Gasteiger partial charge >= 0.3 is 0 Å². The number of ether oxygens (including phenoxy) is 1. The number of benzene rings is 1. The number of aliphatic imine (C=N–C) groups is 1. The summed E-state index contributed by atoms with van der Waals surface area (Å²) in [6.45, 7) is 8.56. The fourth-order valence-corrected chi connectivity index (χ4v) is 2.89. The summed E-state index contributed by atoms with van der Waals surface area (Å²) in [6, 6.07) is 8.17. The highest BCUT2D eigenvalue weighted by molar-refractivity contribution is 7.09. The number of nitrogens with one attached hydrogen (secondary N) is 2. The Morgan fingerprint density at radius 1 is 1.32 bits per heavy atom. The normalized spacial score (nSPS) is 11.6. The van der Waals surface area contributed by atoms with E-state index in [0.29, 0.717) is 12.5 Å². The van der Waals surface area contributed by atoms with Gasteiger partial charge in [-0.3, -0.25) is 4.99 Å². The second-order valence-corrected chi connectivity index (χ2v) is 7.37. The fraction of sp³-hybridized carbons (Fsp3) is 0.474. The van der Waals surface area contributed by atoms with E-state index in [1.807, 2.05) is 19.1 Å². The van der Waals surface area contributed by atoms with Crippen LogP contribution >= 0.6 is 11.3 Å². The molecule has 136 valence electrons. The van der Waals surface area contributed by atoms with Gasteiger partial charge in [0, 0.05) is 31.9 Å². The van der Waals surface area contributed by atoms with Gasteiger partial charge in [0.25, 0.3) is 0 Å². The predicted octanol–water partition coefficient (Wildman–Crippen LogP) is 3.39. The molecule has 0 atom stereocenters. The smallest absolute Gasteiger partial charge is 0.191 e. The minimum absolute atomic E-state index is 0.520. The van der Waals surface area contributed by atoms with E-state index in [0.717, 1.165) is 42.0 Å². The van der Waals surface area contributed by atoms with Crippen LogP contribution in [0.5, 0.6) is 5.75 Å². The molecule has 0 unspecified atom stereocenters. The third kappa shape index (κ3) is 7.13. The summed E-state index contributed by atoms with van der Waals surface area (Å²) in [7, 11) is 1.78. The molecule has 2 N–H and O–H groups in total. The molecule has 5 nitrogen and oxygen atoms in total. The lowest BCUT2D eigenvalue weighted by molar-refractivity contribution is 0.271. The van der Waals surface area contributed by atoms with E-state index in [2.05, 4.69) is 52.0 Å². The third-order valence-corrected chi connectivity index (χ3v) is 4.33. The first-order chi connectivity index (χ1) is 12.1. The molecule has 25 heavy (non-hydrogen) atoms. The Morgan fingerprint density at radius 3 is 2.84 bits per heavy atom. The van der Waals surface area contributed by atoms with Crippen LogP contribution in [0, 0.1) is 12.8 Å². The van der Waals surface area contributed by atoms with Gasteiger partial charge in [-0.25, -0.2) is 4.98 Å². The number of rotatable bonds is 8. The molecule has 0 radical (unpaired) electrons. The Labute approximate surface area is 154 Å². The van der Waals surface area contributed by atoms with E-state index in [4.69, 9.17) is 4.74 Å². The van der Waals surface area contributed by atoms with E-state index in [9.17, 15) is 0 Å². The van der Waals surface area contributed by atoms with Crippen LogP contribution in [-0.4, -0.2) is 31.1 Å². The maximum Gasteiger partial charge on any atom is 0.191 e. The highest BCUT2D eigenvalue weighted by atomic mass is 32.1. The van der Waals surface area contributed by atoms with E-state index in [-0.39, 0.29) is 0 Å². The van der Waals surface area contributed by atoms with Gasteiger partial charge < -0.3 is 15.4 Å². The van der Waals surface area contributed by atoms with E-state index >= 15 is 0 Å². The van der Waals surface area contributed by atoms with E-state index in [1.54, 1.807) is 18.4 Å². The predicted molar refractivity (Wildman–Crippen MR) is 106 cm³/mol. The maximum atomic E-state index is 5.78. The molecule has 0 aliphatic carbocycles. The van der Waals surface area contributed by atoms with Crippen molar-refractivity contribution in [2.75, 3.05) is 20.2 Å². The number of aromatic nitrogens is 1. The van der Waals surface area contributed by atoms with Crippen LogP contribution in [0.4, 0.5) is 0 Å². The Morgan fingerprint density at radius 2 is 2.16 bits per heavy atom. The largest absolute Gasteiger partial charge is 0.493 e. The minimum Gasteiger partial charge on any atom is -0.493 e. The highest BCUT2D eigenvalue weighted by Crippen LogP contribution is 2.14. The molecule has 6 heteroatoms. The molecular weight excluding hydrogens is 332 g/mol. The monoisotopic (exact) mass is 360 g/mol. The summed E-state index contributed by atoms with van der Waals surface area (Å²) < 4.78 is 5.78. The number of aryl methyl sites for hydroxylation is 1. The molecule has 0 bridgehead atoms. The van der Waals surface area contributed by atoms with Crippen molar-refractivity contribution in [1.82, 2.24) is 15.6 Å². The Kier molecular flexibility index (Phi) is 7.73. The second kappa shape index (κ2) is 10.0. The molecule has 0 fully saturated rings. The SMILES string of the molecule is CN=C(NCCc1csc(C)n1)NCc1cccc(OCC(C)C)c1. The standard InChI is InChI=1S/C19H28N4OS/c1-14(2)12-24-18-7-5-6-16(10-18)11-22-19(20-4)21-9-8-17-13-25-15(3)23-17/h5-7,10,13-14H,8-9,11-12H2,1-4H3,(H2,20,21,22). The second-order valence-electron chi connectivity index (χ2n) is 6.31. The van der Waals surface area contributed by atoms with Crippen LogP contribution in [-0.2, 0) is 13.0 Å². The highest BCUT2D eigenvalue weighted by Gasteiger charge is 2.03. The average molecular weight is 361 g/mol. The van der Waals surface area contributed by atoms with Crippen molar-refractivity contribution in [1.29, 1.82) is 0 Å². The molecular formula is C19H28N4OS. The maximum absolute atomic E-state index is 5.78. The molecule has 0 saturated carbocycles. The number of nitrogens with zero attached hydrogens (tertiary/aromatic N) is 2. The average Bonchev–Trinajstić information content (AvgIpc) is 3.01. The fourth-order valence-electron chi connectivity index (χ4n) is 2.25. The lowest BCUT2D eigenvalue weighted by Crippen LogP contribution is -2.37. The molecule has 1 heterocycles. The minimum atomic E-state index is 0.520. The molecule has 0 aliphatic rings. The zero-order valence-corrected chi connectivity index (χ0v) is 16.3. The van der Waals surface area contributed by atoms with Crippen LogP contribution in [0.2, 0.25) is 0 Å². The lowest BCUT2D eigenvalue weighted by atomic mass is 10.2. The van der Waals surface area contributed by atoms with Gasteiger partial charge in [-0.2, -0.15) is 0 Å². The Balaban J connectivity index is 1.77. The zero-order valence-electron chi connectivity index (χ0n) is 15.5. The van der Waals surface area contributed by atoms with Crippen LogP contribution in [0.1, 0.15) is 30.1 Å². The van der Waals surface area contributed by atoms with Crippen molar-refractivity contribution < 1.29 is 4.74 Å². The van der Waals surface area contributed by atoms with E-state index < -0.39 is 0 Å². The van der Waals surface area contributed by atoms with Gasteiger partial charge in [-0.1, -0.05) is 26.0 Å². The van der Waals surface area contributed by atoms with Crippen molar-refractivity contribution in [3.8, 4) is 5.75 Å². The molecule has 0 spiro atoms. The first kappa shape index (κ1) is 19.2. The quantitative estimate of drug-likeness (QED) is 0.560. The van der Waals surface area contributed by atoms with Crippen molar-refractivity contribution in [2.45, 2.75) is 33.7 Å². The Bertz CT molecular complexity index is 682. The van der Waals surface area contributed by atoms with E-state index in [1.165, 1.54) is 5.56 Å². The van der Waals surface area contributed by atoms with Crippen molar-refractivity contribution >= 4 is 17.3 Å². The first-order valence-corrected chi connectivity index (χ1v) is 9.52. The van der Waals surface area contributed by atoms with Crippen LogP contribution in [0.25, 0.3) is 0 Å². The molecule has 2 rings (SSSR count). The molecule has 2 aromatic rings. The van der Waals surface area contributed by atoms with Crippen molar-refractivity contribution in [3.63, 3.8) is 0 Å². The van der Waals surface area contributed by atoms with Gasteiger partial charge in [0.05, 0.1) is 17.3 Å². The number of guanidine groups is 1. The molecule has 1 aromatic heterocycles. The van der Waals surface area contributed by atoms with Crippen LogP contribution in [0.3, 0.4) is 0 Å². The number of hydrogen-bond donors (Lipinski definition) is 2. The van der Waals surface area contributed by atoms with Gasteiger partial charge in [0.1, 0.15) is 5.75 Å². The Hall–Kier alpha value is -2.08. The van der Waals surface area contributed by atoms with Crippen molar-refractivity contribution in [2.24, 2.45) is 10.9 Å². The number of thiazole rings is 1. The lowest BCUT2D eigenvalue weighted by Gasteiger charge is -2.13. The first-order valence-electron chi connectivity index (χ1n) is 8.64. The molecule has 0 saturated heterocycles. The summed E-state index contributed by atoms with van der Waals surface area (Å²) in [6.07, 6.45) is 0.892. The third-order valence-electron chi connectivity index (χ3n) is 3.51. The van der Waals surface area contributed by atoms with Gasteiger partial charge in [-0.15, -0.1) is 11.3 Å². The summed E-state index contributed by atoms with van der Waals surface area (Å²) >= 11 is 1.69. The van der Waals surface area contributed by atoms with Crippen LogP contribution < -0.4 is 15.4 Å². The summed E-state index contributed by atoms with van der Waals surface area (Å²) in [5, 5.41) is 9.87. The number of hydrogen-bond acceptors (Lipinski definition) is 4. The topological polar surface area (TPSA) is 58.5 Å². The van der Waals surface area contributed by atoms with Crippen LogP contribution in [0.15, 0.2) is 34.6 Å². The van der Waals surface area contributed by atoms with Gasteiger partial charge in [0.15, 0.2) is 5.96 Å². The molecule has 0 amide bonds. The van der Waals surface area contributed by atoms with Gasteiger partial charge in [-0.05, 0) is 30.5 Å². The van der Waals surface area contributed by atoms with Gasteiger partial charge in [0.2, 0.25) is 0 Å². The summed E-state index contributed by atoms with van der Waals surface area (Å²) in [4.78, 5) is 8.74. The molecule has 0 aliphatic heterocycles. The molecule has 1 aromatic carbocycles. The summed E-state index contributed by atoms with van der Waals surface area (Å²) in [5.41, 5.74) is 2.29. The van der Waals surface area contributed by atoms with Crippen molar-refractivity contribution in [3.05, 3.63) is 45.9 Å².